The molecule has 0 saturated heterocycles. The summed E-state index contributed by atoms with van der Waals surface area (Å²) in [6.45, 7) is 3.76. The first-order valence-electron chi connectivity index (χ1n) is 5.18. The standard InChI is InChI=1S/C12H16FNO2/c1-7(2)9-5-8(3-4-10(9)13)11(14)6-12(15)16/h3-5,7,11H,6,14H2,1-2H3,(H,15,16). The summed E-state index contributed by atoms with van der Waals surface area (Å²) in [6.07, 6.45) is -0.150. The Bertz CT molecular complexity index is 391. The van der Waals surface area contributed by atoms with E-state index in [9.17, 15) is 9.18 Å². The molecule has 0 heterocycles. The highest BCUT2D eigenvalue weighted by Crippen LogP contribution is 2.23. The van der Waals surface area contributed by atoms with Gasteiger partial charge in [-0.2, -0.15) is 0 Å². The van der Waals surface area contributed by atoms with Crippen LogP contribution in [-0.4, -0.2) is 11.1 Å². The van der Waals surface area contributed by atoms with Gasteiger partial charge in [-0.25, -0.2) is 4.39 Å². The number of hydrogen-bond acceptors (Lipinski definition) is 2. The van der Waals surface area contributed by atoms with Crippen LogP contribution in [0.3, 0.4) is 0 Å². The first-order chi connectivity index (χ1) is 7.41. The Hall–Kier alpha value is -1.42. The van der Waals surface area contributed by atoms with Crippen molar-refractivity contribution in [2.75, 3.05) is 0 Å². The molecule has 0 bridgehead atoms. The van der Waals surface area contributed by atoms with Gasteiger partial charge in [0.15, 0.2) is 0 Å². The average molecular weight is 225 g/mol. The Kier molecular flexibility index (Phi) is 4.01. The smallest absolute Gasteiger partial charge is 0.305 e. The van der Waals surface area contributed by atoms with Gasteiger partial charge < -0.3 is 10.8 Å². The molecule has 0 radical (unpaired) electrons. The van der Waals surface area contributed by atoms with Crippen LogP contribution in [0.5, 0.6) is 0 Å². The van der Waals surface area contributed by atoms with Gasteiger partial charge >= 0.3 is 5.97 Å². The van der Waals surface area contributed by atoms with Gasteiger partial charge in [-0.15, -0.1) is 0 Å². The first-order valence-corrected chi connectivity index (χ1v) is 5.18. The van der Waals surface area contributed by atoms with E-state index in [1.807, 2.05) is 13.8 Å². The molecule has 0 amide bonds. The molecule has 0 saturated carbocycles. The van der Waals surface area contributed by atoms with Crippen LogP contribution in [0, 0.1) is 5.82 Å². The van der Waals surface area contributed by atoms with Gasteiger partial charge in [-0.05, 0) is 23.1 Å². The Morgan fingerprint density at radius 1 is 1.50 bits per heavy atom. The predicted molar refractivity (Wildman–Crippen MR) is 59.7 cm³/mol. The zero-order chi connectivity index (χ0) is 12.3. The Balaban J connectivity index is 2.98. The number of hydrogen-bond donors (Lipinski definition) is 2. The third-order valence-corrected chi connectivity index (χ3v) is 2.46. The topological polar surface area (TPSA) is 63.3 Å². The molecular weight excluding hydrogens is 209 g/mol. The van der Waals surface area contributed by atoms with E-state index in [-0.39, 0.29) is 18.2 Å². The van der Waals surface area contributed by atoms with Gasteiger partial charge in [-0.3, -0.25) is 4.79 Å². The molecule has 0 aromatic heterocycles. The van der Waals surface area contributed by atoms with E-state index >= 15 is 0 Å². The lowest BCUT2D eigenvalue weighted by Crippen LogP contribution is -2.15. The van der Waals surface area contributed by atoms with E-state index in [1.54, 1.807) is 6.07 Å². The minimum atomic E-state index is -0.956. The fourth-order valence-corrected chi connectivity index (χ4v) is 1.54. The number of nitrogens with two attached hydrogens (primary N) is 1. The average Bonchev–Trinajstić information content (AvgIpc) is 2.16. The molecule has 1 aromatic rings. The molecule has 4 heteroatoms. The summed E-state index contributed by atoms with van der Waals surface area (Å²) in [5.41, 5.74) is 6.94. The van der Waals surface area contributed by atoms with Crippen LogP contribution in [0.2, 0.25) is 0 Å². The van der Waals surface area contributed by atoms with Crippen molar-refractivity contribution in [3.8, 4) is 0 Å². The largest absolute Gasteiger partial charge is 0.481 e. The van der Waals surface area contributed by atoms with E-state index in [0.717, 1.165) is 0 Å². The lowest BCUT2D eigenvalue weighted by molar-refractivity contribution is -0.137. The van der Waals surface area contributed by atoms with Gasteiger partial charge in [-0.1, -0.05) is 26.0 Å². The van der Waals surface area contributed by atoms with E-state index < -0.39 is 12.0 Å². The van der Waals surface area contributed by atoms with Crippen LogP contribution in [0.4, 0.5) is 4.39 Å². The third kappa shape index (κ3) is 3.03. The number of carboxylic acids is 1. The summed E-state index contributed by atoms with van der Waals surface area (Å²) in [6, 6.07) is 3.94. The van der Waals surface area contributed by atoms with Crippen LogP contribution in [0.1, 0.15) is 43.4 Å². The van der Waals surface area contributed by atoms with Crippen molar-refractivity contribution in [3.05, 3.63) is 35.1 Å². The second kappa shape index (κ2) is 5.07. The maximum Gasteiger partial charge on any atom is 0.305 e. The second-order valence-electron chi connectivity index (χ2n) is 4.14. The molecule has 1 atom stereocenters. The zero-order valence-corrected chi connectivity index (χ0v) is 9.40. The molecule has 0 aliphatic carbocycles. The lowest BCUT2D eigenvalue weighted by atomic mass is 9.96. The molecule has 3 N–H and O–H groups in total. The fourth-order valence-electron chi connectivity index (χ4n) is 1.54. The van der Waals surface area contributed by atoms with Gasteiger partial charge in [0.1, 0.15) is 5.82 Å². The number of carbonyl (C=O) groups is 1. The zero-order valence-electron chi connectivity index (χ0n) is 9.40. The van der Waals surface area contributed by atoms with Crippen molar-refractivity contribution in [1.82, 2.24) is 0 Å². The summed E-state index contributed by atoms with van der Waals surface area (Å²) < 4.78 is 13.4. The quantitative estimate of drug-likeness (QED) is 0.827. The summed E-state index contributed by atoms with van der Waals surface area (Å²) in [7, 11) is 0. The summed E-state index contributed by atoms with van der Waals surface area (Å²) >= 11 is 0. The minimum Gasteiger partial charge on any atom is -0.481 e. The Morgan fingerprint density at radius 3 is 2.62 bits per heavy atom. The number of rotatable bonds is 4. The SMILES string of the molecule is CC(C)c1cc(C(N)CC(=O)O)ccc1F. The molecule has 0 fully saturated rings. The summed E-state index contributed by atoms with van der Waals surface area (Å²) in [5.74, 6) is -1.18. The predicted octanol–water partition coefficient (Wildman–Crippen LogP) is 2.42. The van der Waals surface area contributed by atoms with E-state index in [4.69, 9.17) is 10.8 Å². The highest BCUT2D eigenvalue weighted by molar-refractivity contribution is 5.67. The first kappa shape index (κ1) is 12.6. The normalized spacial score (nSPS) is 12.8. The fraction of sp³-hybridized carbons (Fsp3) is 0.417. The molecule has 1 unspecified atom stereocenters. The van der Waals surface area contributed by atoms with Crippen molar-refractivity contribution in [3.63, 3.8) is 0 Å². The maximum atomic E-state index is 13.4. The monoisotopic (exact) mass is 225 g/mol. The molecule has 0 spiro atoms. The number of halogens is 1. The second-order valence-corrected chi connectivity index (χ2v) is 4.14. The van der Waals surface area contributed by atoms with Gasteiger partial charge in [0, 0.05) is 6.04 Å². The number of aliphatic carboxylic acids is 1. The van der Waals surface area contributed by atoms with E-state index in [1.165, 1.54) is 12.1 Å². The summed E-state index contributed by atoms with van der Waals surface area (Å²) in [5, 5.41) is 8.62. The van der Waals surface area contributed by atoms with Gasteiger partial charge in [0.25, 0.3) is 0 Å². The highest BCUT2D eigenvalue weighted by Gasteiger charge is 2.14. The van der Waals surface area contributed by atoms with Gasteiger partial charge in [0.2, 0.25) is 0 Å². The van der Waals surface area contributed by atoms with Crippen molar-refractivity contribution in [2.24, 2.45) is 5.73 Å². The summed E-state index contributed by atoms with van der Waals surface area (Å²) in [4.78, 5) is 10.5. The number of carboxylic acid groups (broad SMARTS) is 1. The molecule has 88 valence electrons. The van der Waals surface area contributed by atoms with Crippen molar-refractivity contribution < 1.29 is 14.3 Å². The molecule has 0 aliphatic heterocycles. The van der Waals surface area contributed by atoms with Crippen LogP contribution in [0.15, 0.2) is 18.2 Å². The Morgan fingerprint density at radius 2 is 2.12 bits per heavy atom. The highest BCUT2D eigenvalue weighted by atomic mass is 19.1. The molecule has 1 rings (SSSR count). The lowest BCUT2D eigenvalue weighted by Gasteiger charge is -2.13. The van der Waals surface area contributed by atoms with E-state index in [0.29, 0.717) is 11.1 Å². The van der Waals surface area contributed by atoms with Gasteiger partial charge in [0.05, 0.1) is 6.42 Å². The van der Waals surface area contributed by atoms with Crippen molar-refractivity contribution in [2.45, 2.75) is 32.2 Å². The van der Waals surface area contributed by atoms with E-state index in [2.05, 4.69) is 0 Å². The van der Waals surface area contributed by atoms with Crippen molar-refractivity contribution >= 4 is 5.97 Å². The maximum absolute atomic E-state index is 13.4. The minimum absolute atomic E-state index is 0.0528. The Labute approximate surface area is 94.1 Å². The molecule has 0 aliphatic rings. The third-order valence-electron chi connectivity index (χ3n) is 2.46. The van der Waals surface area contributed by atoms with Crippen LogP contribution in [-0.2, 0) is 4.79 Å². The number of benzene rings is 1. The molecule has 1 aromatic carbocycles. The van der Waals surface area contributed by atoms with Crippen LogP contribution < -0.4 is 5.73 Å². The van der Waals surface area contributed by atoms with Crippen molar-refractivity contribution in [1.29, 1.82) is 0 Å². The van der Waals surface area contributed by atoms with Crippen LogP contribution >= 0.6 is 0 Å². The molecule has 3 nitrogen and oxygen atoms in total. The van der Waals surface area contributed by atoms with Crippen LogP contribution in [0.25, 0.3) is 0 Å². The molecule has 16 heavy (non-hydrogen) atoms. The molecular formula is C12H16FNO2.